The van der Waals surface area contributed by atoms with E-state index < -0.39 is 37.2 Å². The van der Waals surface area contributed by atoms with Crippen LogP contribution in [-0.4, -0.2) is 46.6 Å². The van der Waals surface area contributed by atoms with E-state index in [1.807, 2.05) is 16.8 Å². The van der Waals surface area contributed by atoms with E-state index in [0.717, 1.165) is 10.5 Å². The van der Waals surface area contributed by atoms with Gasteiger partial charge < -0.3 is 8.86 Å². The summed E-state index contributed by atoms with van der Waals surface area (Å²) in [6.07, 6.45) is 11.1. The lowest BCUT2D eigenvalue weighted by Gasteiger charge is -2.22. The third kappa shape index (κ3) is 13.0. The molecule has 19 heteroatoms. The molecule has 0 aliphatic heterocycles. The van der Waals surface area contributed by atoms with E-state index in [1.54, 1.807) is 24.3 Å². The zero-order valence-corrected chi connectivity index (χ0v) is 23.5. The first-order chi connectivity index (χ1) is 19.4. The van der Waals surface area contributed by atoms with Gasteiger partial charge in [-0.05, 0) is 43.2 Å². The molecule has 0 atom stereocenters. The minimum Gasteiger partial charge on any atom is -0.443 e. The van der Waals surface area contributed by atoms with Gasteiger partial charge in [0.05, 0.1) is 5.69 Å². The molecular formula is C23H26F6N4O7S2. The number of carbonyl (C=O) groups is 1. The van der Waals surface area contributed by atoms with Crippen molar-refractivity contribution in [2.75, 3.05) is 11.9 Å². The number of rotatable bonds is 12. The van der Waals surface area contributed by atoms with Gasteiger partial charge in [-0.15, -0.1) is 0 Å². The number of halogens is 6. The molecule has 0 unspecified atom stereocenters. The maximum absolute atomic E-state index is 11.9. The Kier molecular flexibility index (Phi) is 14.1. The Balaban J connectivity index is 0.000000501. The van der Waals surface area contributed by atoms with Crippen molar-refractivity contribution in [3.8, 4) is 0 Å². The van der Waals surface area contributed by atoms with Crippen LogP contribution in [0.1, 0.15) is 38.2 Å². The molecule has 0 saturated heterocycles. The van der Waals surface area contributed by atoms with Gasteiger partial charge in [0.25, 0.3) is 0 Å². The normalized spacial score (nSPS) is 12.0. The predicted molar refractivity (Wildman–Crippen MR) is 137 cm³/mol. The molecule has 0 bridgehead atoms. The van der Waals surface area contributed by atoms with E-state index in [4.69, 9.17) is 4.74 Å². The second-order valence-electron chi connectivity index (χ2n) is 8.19. The molecule has 0 aliphatic rings. The van der Waals surface area contributed by atoms with Crippen LogP contribution in [-0.2, 0) is 42.5 Å². The fourth-order valence-corrected chi connectivity index (χ4v) is 4.61. The number of isocyanates is 1. The first-order valence-electron chi connectivity index (χ1n) is 11.9. The Morgan fingerprint density at radius 1 is 0.976 bits per heavy atom. The highest BCUT2D eigenvalue weighted by molar-refractivity contribution is 8.13. The summed E-state index contributed by atoms with van der Waals surface area (Å²) in [7, 11) is -13.4. The lowest BCUT2D eigenvalue weighted by molar-refractivity contribution is -0.698. The molecule has 0 aliphatic carbocycles. The standard InChI is InChI=1S/C21H25N3O3.C2F6NO4S2/c1-2-3-4-5-7-18-8-6-13-24(16-18)14-15-27-21(26)23-20-11-9-19(10-12-20)22-17-25;3-1(4,5)14(10,11)9-15(12,13)2(6,7)8/h6,8-13,16H,2-5,7,14-15H2,1H3;/q;-1/p+1. The highest BCUT2D eigenvalue weighted by atomic mass is 32.3. The molecule has 234 valence electrons. The summed E-state index contributed by atoms with van der Waals surface area (Å²) in [4.78, 5) is 25.5. The highest BCUT2D eigenvalue weighted by Gasteiger charge is 2.46. The maximum Gasteiger partial charge on any atom is 0.480 e. The SMILES string of the molecule is CCCCCCc1ccc[n+](CCOC(=O)Nc2ccc(N=C=O)cc2)c1.O=S(=O)([N-]S(=O)(=O)C(F)(F)F)C(F)(F)F. The number of anilines is 1. The molecular weight excluding hydrogens is 622 g/mol. The summed E-state index contributed by atoms with van der Waals surface area (Å²) >= 11 is 0. The lowest BCUT2D eigenvalue weighted by Crippen LogP contribution is -2.36. The molecule has 1 aromatic heterocycles. The number of amides is 1. The number of benzene rings is 1. The fraction of sp³-hybridized carbons (Fsp3) is 0.435. The van der Waals surface area contributed by atoms with Gasteiger partial charge in [0.2, 0.25) is 6.08 Å². The molecule has 1 aromatic carbocycles. The van der Waals surface area contributed by atoms with Gasteiger partial charge in [-0.1, -0.05) is 26.2 Å². The van der Waals surface area contributed by atoms with Crippen molar-refractivity contribution >= 4 is 43.6 Å². The van der Waals surface area contributed by atoms with Crippen molar-refractivity contribution in [1.29, 1.82) is 0 Å². The third-order valence-corrected chi connectivity index (χ3v) is 7.63. The van der Waals surface area contributed by atoms with Crippen LogP contribution < -0.4 is 9.88 Å². The quantitative estimate of drug-likeness (QED) is 0.107. The van der Waals surface area contributed by atoms with Crippen molar-refractivity contribution < 1.29 is 62.1 Å². The first kappa shape index (κ1) is 36.5. The molecule has 2 rings (SSSR count). The number of alkyl halides is 6. The fourth-order valence-electron chi connectivity index (χ4n) is 2.90. The zero-order chi connectivity index (χ0) is 32.0. The Hall–Kier alpha value is -3.54. The summed E-state index contributed by atoms with van der Waals surface area (Å²) < 4.78 is 116. The van der Waals surface area contributed by atoms with Crippen LogP contribution in [0, 0.1) is 0 Å². The van der Waals surface area contributed by atoms with Crippen molar-refractivity contribution in [3.63, 3.8) is 0 Å². The Labute approximate surface area is 237 Å². The van der Waals surface area contributed by atoms with Gasteiger partial charge in [-0.3, -0.25) is 5.32 Å². The maximum atomic E-state index is 11.9. The van der Waals surface area contributed by atoms with Crippen LogP contribution in [0.15, 0.2) is 53.8 Å². The van der Waals surface area contributed by atoms with Crippen molar-refractivity contribution in [1.82, 2.24) is 0 Å². The number of nitrogens with one attached hydrogen (secondary N) is 1. The van der Waals surface area contributed by atoms with Crippen molar-refractivity contribution in [2.24, 2.45) is 4.99 Å². The van der Waals surface area contributed by atoms with Crippen LogP contribution in [0.25, 0.3) is 4.13 Å². The number of aliphatic imine (C=N–C) groups is 1. The molecule has 0 spiro atoms. The third-order valence-electron chi connectivity index (χ3n) is 4.89. The van der Waals surface area contributed by atoms with Crippen molar-refractivity contribution in [2.45, 2.75) is 56.6 Å². The summed E-state index contributed by atoms with van der Waals surface area (Å²) in [6, 6.07) is 10.7. The van der Waals surface area contributed by atoms with Crippen LogP contribution >= 0.6 is 0 Å². The molecule has 0 saturated carbocycles. The van der Waals surface area contributed by atoms with Gasteiger partial charge in [0, 0.05) is 17.3 Å². The smallest absolute Gasteiger partial charge is 0.443 e. The van der Waals surface area contributed by atoms with E-state index in [-0.39, 0.29) is 6.61 Å². The number of aromatic nitrogens is 1. The molecule has 0 radical (unpaired) electrons. The average Bonchev–Trinajstić information content (AvgIpc) is 2.87. The Morgan fingerprint density at radius 2 is 1.57 bits per heavy atom. The second-order valence-corrected chi connectivity index (χ2v) is 11.6. The number of ether oxygens (including phenoxy) is 1. The predicted octanol–water partition coefficient (Wildman–Crippen LogP) is 5.37. The number of pyridine rings is 1. The lowest BCUT2D eigenvalue weighted by atomic mass is 10.1. The Morgan fingerprint density at radius 3 is 2.10 bits per heavy atom. The summed E-state index contributed by atoms with van der Waals surface area (Å²) in [6.45, 7) is 3.09. The summed E-state index contributed by atoms with van der Waals surface area (Å²) in [5, 5.41) is 2.64. The topological polar surface area (TPSA) is 154 Å². The zero-order valence-electron chi connectivity index (χ0n) is 21.9. The molecule has 0 fully saturated rings. The van der Waals surface area contributed by atoms with Crippen LogP contribution in [0.3, 0.4) is 0 Å². The molecule has 11 nitrogen and oxygen atoms in total. The van der Waals surface area contributed by atoms with Gasteiger partial charge in [0.15, 0.2) is 45.6 Å². The average molecular weight is 649 g/mol. The number of hydrogen-bond donors (Lipinski definition) is 1. The van der Waals surface area contributed by atoms with E-state index in [2.05, 4.69) is 29.5 Å². The minimum atomic E-state index is -6.72. The monoisotopic (exact) mass is 648 g/mol. The number of unbranched alkanes of at least 4 members (excludes halogenated alkanes) is 3. The molecule has 42 heavy (non-hydrogen) atoms. The van der Waals surface area contributed by atoms with Gasteiger partial charge in [-0.25, -0.2) is 31.0 Å². The van der Waals surface area contributed by atoms with Gasteiger partial charge >= 0.3 is 17.1 Å². The summed E-state index contributed by atoms with van der Waals surface area (Å²) in [5.41, 5.74) is -10.0. The van der Waals surface area contributed by atoms with Crippen LogP contribution in [0.5, 0.6) is 0 Å². The molecule has 1 N–H and O–H groups in total. The van der Waals surface area contributed by atoms with Gasteiger partial charge in [-0.2, -0.15) is 31.3 Å². The summed E-state index contributed by atoms with van der Waals surface area (Å²) in [5.74, 6) is 0. The number of aryl methyl sites for hydroxylation is 1. The second kappa shape index (κ2) is 16.2. The first-order valence-corrected chi connectivity index (χ1v) is 14.8. The van der Waals surface area contributed by atoms with Crippen molar-refractivity contribution in [3.05, 3.63) is 58.5 Å². The van der Waals surface area contributed by atoms with Crippen LogP contribution in [0.4, 0.5) is 42.5 Å². The van der Waals surface area contributed by atoms with E-state index >= 15 is 0 Å². The van der Waals surface area contributed by atoms with E-state index in [0.29, 0.717) is 17.9 Å². The van der Waals surface area contributed by atoms with Gasteiger partial charge in [0.1, 0.15) is 0 Å². The molecule has 2 aromatic rings. The number of nitrogens with zero attached hydrogens (tertiary/aromatic N) is 3. The molecule has 1 heterocycles. The largest absolute Gasteiger partial charge is 0.480 e. The Bertz CT molecular complexity index is 1380. The van der Waals surface area contributed by atoms with E-state index in [1.165, 1.54) is 37.3 Å². The number of sulfonamides is 2. The minimum absolute atomic E-state index is 0.281. The van der Waals surface area contributed by atoms with E-state index in [9.17, 15) is 52.8 Å². The highest BCUT2D eigenvalue weighted by Crippen LogP contribution is 2.36. The molecule has 1 amide bonds. The number of carbonyl (C=O) groups excluding carboxylic acids is 2. The number of hydrogen-bond acceptors (Lipinski definition) is 8. The van der Waals surface area contributed by atoms with Crippen LogP contribution in [0.2, 0.25) is 0 Å².